The molecule has 0 spiro atoms. The molecule has 2 heterocycles. The highest BCUT2D eigenvalue weighted by atomic mass is 32.1. The standard InChI is InChI=1S/C9H12N4O2S/c1-13(2)9-12-8(14-3)7(16-9)6-5(10)4-11-15-6/h4H,10H2,1-3H3. The van der Waals surface area contributed by atoms with Gasteiger partial charge >= 0.3 is 0 Å². The summed E-state index contributed by atoms with van der Waals surface area (Å²) in [6.45, 7) is 0. The Labute approximate surface area is 96.6 Å². The van der Waals surface area contributed by atoms with Gasteiger partial charge in [-0.05, 0) is 0 Å². The topological polar surface area (TPSA) is 77.4 Å². The van der Waals surface area contributed by atoms with Crippen molar-refractivity contribution in [2.45, 2.75) is 0 Å². The Hall–Kier alpha value is -1.76. The normalized spacial score (nSPS) is 10.4. The van der Waals surface area contributed by atoms with Gasteiger partial charge in [-0.25, -0.2) is 0 Å². The number of anilines is 2. The van der Waals surface area contributed by atoms with E-state index in [1.54, 1.807) is 7.11 Å². The van der Waals surface area contributed by atoms with Gasteiger partial charge in [0.2, 0.25) is 11.6 Å². The molecule has 2 rings (SSSR count). The van der Waals surface area contributed by atoms with Crippen LogP contribution >= 0.6 is 11.3 Å². The largest absolute Gasteiger partial charge is 0.480 e. The number of hydrogen-bond acceptors (Lipinski definition) is 7. The fraction of sp³-hybridized carbons (Fsp3) is 0.333. The van der Waals surface area contributed by atoms with Crippen LogP contribution < -0.4 is 15.4 Å². The number of nitrogens with zero attached hydrogens (tertiary/aromatic N) is 3. The zero-order valence-corrected chi connectivity index (χ0v) is 10.0. The van der Waals surface area contributed by atoms with E-state index in [9.17, 15) is 0 Å². The first kappa shape index (κ1) is 10.7. The van der Waals surface area contributed by atoms with E-state index < -0.39 is 0 Å². The summed E-state index contributed by atoms with van der Waals surface area (Å²) < 4.78 is 10.3. The molecule has 0 amide bonds. The van der Waals surface area contributed by atoms with Gasteiger partial charge in [0.05, 0.1) is 13.3 Å². The first-order valence-electron chi connectivity index (χ1n) is 4.56. The minimum absolute atomic E-state index is 0.479. The summed E-state index contributed by atoms with van der Waals surface area (Å²) in [5.74, 6) is 1.000. The average Bonchev–Trinajstić information content (AvgIpc) is 2.82. The lowest BCUT2D eigenvalue weighted by Gasteiger charge is -2.04. The summed E-state index contributed by atoms with van der Waals surface area (Å²) in [5.41, 5.74) is 6.21. The number of ether oxygens (including phenoxy) is 1. The molecule has 0 aliphatic rings. The van der Waals surface area contributed by atoms with Crippen LogP contribution in [0, 0.1) is 0 Å². The Kier molecular flexibility index (Phi) is 2.69. The van der Waals surface area contributed by atoms with Gasteiger partial charge < -0.3 is 19.9 Å². The summed E-state index contributed by atoms with van der Waals surface area (Å²) >= 11 is 1.44. The van der Waals surface area contributed by atoms with Crippen molar-refractivity contribution in [2.75, 3.05) is 31.8 Å². The quantitative estimate of drug-likeness (QED) is 0.875. The van der Waals surface area contributed by atoms with Crippen molar-refractivity contribution in [1.29, 1.82) is 0 Å². The van der Waals surface area contributed by atoms with Crippen LogP contribution in [0.25, 0.3) is 10.6 Å². The van der Waals surface area contributed by atoms with Gasteiger partial charge in [-0.15, -0.1) is 0 Å². The van der Waals surface area contributed by atoms with Crippen molar-refractivity contribution >= 4 is 22.2 Å². The molecule has 86 valence electrons. The van der Waals surface area contributed by atoms with Crippen molar-refractivity contribution in [1.82, 2.24) is 10.1 Å². The SMILES string of the molecule is COc1nc(N(C)C)sc1-c1oncc1N. The highest BCUT2D eigenvalue weighted by molar-refractivity contribution is 7.19. The first-order valence-corrected chi connectivity index (χ1v) is 5.37. The van der Waals surface area contributed by atoms with Crippen LogP contribution in [0.5, 0.6) is 5.88 Å². The summed E-state index contributed by atoms with van der Waals surface area (Å²) in [7, 11) is 5.38. The molecule has 0 aromatic carbocycles. The first-order chi connectivity index (χ1) is 7.63. The summed E-state index contributed by atoms with van der Waals surface area (Å²) in [5, 5.41) is 4.46. The summed E-state index contributed by atoms with van der Waals surface area (Å²) in [6, 6.07) is 0. The van der Waals surface area contributed by atoms with E-state index in [1.165, 1.54) is 17.5 Å². The van der Waals surface area contributed by atoms with Gasteiger partial charge in [-0.3, -0.25) is 0 Å². The van der Waals surface area contributed by atoms with E-state index in [-0.39, 0.29) is 0 Å². The highest BCUT2D eigenvalue weighted by Crippen LogP contribution is 2.41. The number of nitrogen functional groups attached to an aromatic ring is 1. The average molecular weight is 240 g/mol. The molecule has 0 radical (unpaired) electrons. The molecule has 0 saturated carbocycles. The van der Waals surface area contributed by atoms with Gasteiger partial charge in [0.15, 0.2) is 5.13 Å². The van der Waals surface area contributed by atoms with Crippen LogP contribution in [0.3, 0.4) is 0 Å². The number of hydrogen-bond donors (Lipinski definition) is 1. The fourth-order valence-corrected chi connectivity index (χ4v) is 2.15. The lowest BCUT2D eigenvalue weighted by Crippen LogP contribution is -2.07. The number of thiazole rings is 1. The molecule has 7 heteroatoms. The Balaban J connectivity index is 2.52. The molecule has 6 nitrogen and oxygen atoms in total. The highest BCUT2D eigenvalue weighted by Gasteiger charge is 2.20. The van der Waals surface area contributed by atoms with Crippen LogP contribution in [0.4, 0.5) is 10.8 Å². The molecule has 2 N–H and O–H groups in total. The molecule has 0 fully saturated rings. The van der Waals surface area contributed by atoms with Crippen molar-refractivity contribution in [3.63, 3.8) is 0 Å². The van der Waals surface area contributed by atoms with E-state index in [0.717, 1.165) is 10.0 Å². The molecule has 0 aliphatic carbocycles. The third-order valence-corrected chi connectivity index (χ3v) is 3.17. The van der Waals surface area contributed by atoms with E-state index in [4.69, 9.17) is 15.0 Å². The van der Waals surface area contributed by atoms with Crippen molar-refractivity contribution in [3.8, 4) is 16.5 Å². The van der Waals surface area contributed by atoms with Crippen LogP contribution in [0.2, 0.25) is 0 Å². The van der Waals surface area contributed by atoms with Gasteiger partial charge in [-0.2, -0.15) is 4.98 Å². The molecule has 0 unspecified atom stereocenters. The third kappa shape index (κ3) is 1.69. The molecular weight excluding hydrogens is 228 g/mol. The molecule has 0 saturated heterocycles. The minimum Gasteiger partial charge on any atom is -0.480 e. The second kappa shape index (κ2) is 4.01. The molecule has 0 atom stereocenters. The van der Waals surface area contributed by atoms with Crippen LogP contribution in [0.1, 0.15) is 0 Å². The van der Waals surface area contributed by atoms with Gasteiger partial charge in [0.25, 0.3) is 0 Å². The number of nitrogens with two attached hydrogens (primary N) is 1. The van der Waals surface area contributed by atoms with Gasteiger partial charge in [0, 0.05) is 14.1 Å². The maximum Gasteiger partial charge on any atom is 0.237 e. The van der Waals surface area contributed by atoms with E-state index >= 15 is 0 Å². The van der Waals surface area contributed by atoms with Gasteiger partial charge in [0.1, 0.15) is 10.6 Å². The lowest BCUT2D eigenvalue weighted by atomic mass is 10.3. The fourth-order valence-electron chi connectivity index (χ4n) is 1.19. The smallest absolute Gasteiger partial charge is 0.237 e. The maximum atomic E-state index is 5.74. The third-order valence-electron chi connectivity index (χ3n) is 1.96. The second-order valence-electron chi connectivity index (χ2n) is 3.34. The van der Waals surface area contributed by atoms with Crippen LogP contribution in [0.15, 0.2) is 10.7 Å². The minimum atomic E-state index is 0.479. The molecule has 16 heavy (non-hydrogen) atoms. The zero-order chi connectivity index (χ0) is 11.7. The zero-order valence-electron chi connectivity index (χ0n) is 9.22. The summed E-state index contributed by atoms with van der Waals surface area (Å²) in [6.07, 6.45) is 1.46. The Morgan fingerprint density at radius 3 is 2.75 bits per heavy atom. The van der Waals surface area contributed by atoms with Crippen molar-refractivity contribution < 1.29 is 9.26 Å². The van der Waals surface area contributed by atoms with E-state index in [0.29, 0.717) is 17.3 Å². The van der Waals surface area contributed by atoms with Crippen LogP contribution in [-0.4, -0.2) is 31.3 Å². The Morgan fingerprint density at radius 1 is 1.50 bits per heavy atom. The number of methoxy groups -OCH3 is 1. The predicted octanol–water partition coefficient (Wildman–Crippen LogP) is 1.45. The molecule has 2 aromatic rings. The molecular formula is C9H12N4O2S. The maximum absolute atomic E-state index is 5.74. The summed E-state index contributed by atoms with van der Waals surface area (Å²) in [4.78, 5) is 6.95. The van der Waals surface area contributed by atoms with Crippen molar-refractivity contribution in [2.24, 2.45) is 0 Å². The van der Waals surface area contributed by atoms with Gasteiger partial charge in [-0.1, -0.05) is 16.5 Å². The van der Waals surface area contributed by atoms with Crippen LogP contribution in [-0.2, 0) is 0 Å². The molecule has 2 aromatic heterocycles. The lowest BCUT2D eigenvalue weighted by molar-refractivity contribution is 0.396. The number of rotatable bonds is 3. The number of aromatic nitrogens is 2. The van der Waals surface area contributed by atoms with E-state index in [1.807, 2.05) is 19.0 Å². The molecule has 0 aliphatic heterocycles. The van der Waals surface area contributed by atoms with Crippen molar-refractivity contribution in [3.05, 3.63) is 6.20 Å². The monoisotopic (exact) mass is 240 g/mol. The Bertz CT molecular complexity index is 491. The second-order valence-corrected chi connectivity index (χ2v) is 4.32. The van der Waals surface area contributed by atoms with E-state index in [2.05, 4.69) is 10.1 Å². The molecule has 0 bridgehead atoms. The predicted molar refractivity (Wildman–Crippen MR) is 62.9 cm³/mol. The Morgan fingerprint density at radius 2 is 2.25 bits per heavy atom.